The summed E-state index contributed by atoms with van der Waals surface area (Å²) in [5.41, 5.74) is 2.46. The van der Waals surface area contributed by atoms with E-state index in [1.54, 1.807) is 19.9 Å². The van der Waals surface area contributed by atoms with Gasteiger partial charge in [-0.1, -0.05) is 13.8 Å². The van der Waals surface area contributed by atoms with E-state index in [9.17, 15) is 18.0 Å². The Bertz CT molecular complexity index is 971. The zero-order valence-corrected chi connectivity index (χ0v) is 17.7. The maximum atomic E-state index is 12.5. The van der Waals surface area contributed by atoms with E-state index in [1.165, 1.54) is 28.6 Å². The maximum absolute atomic E-state index is 12.5. The molecule has 8 heteroatoms. The Hall–Kier alpha value is -2.45. The number of ketones is 1. The molecule has 0 N–H and O–H groups in total. The zero-order valence-electron chi connectivity index (χ0n) is 16.9. The lowest BCUT2D eigenvalue weighted by Gasteiger charge is -2.18. The van der Waals surface area contributed by atoms with Gasteiger partial charge in [0.15, 0.2) is 6.61 Å². The number of Topliss-reactive ketones (excluding diaryl/α,β-unsaturated/α-hetero) is 1. The van der Waals surface area contributed by atoms with Crippen molar-refractivity contribution in [2.75, 3.05) is 19.7 Å². The van der Waals surface area contributed by atoms with Gasteiger partial charge in [0.25, 0.3) is 0 Å². The summed E-state index contributed by atoms with van der Waals surface area (Å²) in [7, 11) is -1.72. The van der Waals surface area contributed by atoms with Gasteiger partial charge in [0.05, 0.1) is 10.5 Å². The van der Waals surface area contributed by atoms with Crippen LogP contribution < -0.4 is 0 Å². The molecule has 0 aliphatic heterocycles. The molecule has 0 fully saturated rings. The molecule has 152 valence electrons. The van der Waals surface area contributed by atoms with Crippen LogP contribution in [0.25, 0.3) is 0 Å². The molecule has 0 radical (unpaired) electrons. The van der Waals surface area contributed by atoms with Crippen molar-refractivity contribution in [3.05, 3.63) is 52.8 Å². The summed E-state index contributed by atoms with van der Waals surface area (Å²) in [5.74, 6) is -0.958. The molecular weight excluding hydrogens is 380 g/mol. The zero-order chi connectivity index (χ0) is 21.1. The van der Waals surface area contributed by atoms with Crippen LogP contribution in [-0.4, -0.2) is 48.7 Å². The van der Waals surface area contributed by atoms with Crippen molar-refractivity contribution in [3.63, 3.8) is 0 Å². The Kier molecular flexibility index (Phi) is 6.79. The first-order valence-corrected chi connectivity index (χ1v) is 10.5. The molecule has 0 saturated heterocycles. The summed E-state index contributed by atoms with van der Waals surface area (Å²) < 4.78 is 33.3. The second-order valence-electron chi connectivity index (χ2n) is 6.46. The third kappa shape index (κ3) is 4.34. The van der Waals surface area contributed by atoms with Crippen LogP contribution in [-0.2, 0) is 21.8 Å². The minimum Gasteiger partial charge on any atom is -0.454 e. The molecule has 28 heavy (non-hydrogen) atoms. The van der Waals surface area contributed by atoms with Crippen molar-refractivity contribution in [1.29, 1.82) is 0 Å². The summed E-state index contributed by atoms with van der Waals surface area (Å²) in [6.45, 7) is 7.61. The van der Waals surface area contributed by atoms with E-state index in [4.69, 9.17) is 4.74 Å². The predicted octanol–water partition coefficient (Wildman–Crippen LogP) is 2.71. The first-order chi connectivity index (χ1) is 13.1. The van der Waals surface area contributed by atoms with Crippen LogP contribution >= 0.6 is 0 Å². The monoisotopic (exact) mass is 406 g/mol. The second kappa shape index (κ2) is 8.70. The molecule has 7 nitrogen and oxygen atoms in total. The van der Waals surface area contributed by atoms with Gasteiger partial charge in [-0.15, -0.1) is 0 Å². The Labute approximate surface area is 166 Å². The lowest BCUT2D eigenvalue weighted by atomic mass is 10.1. The van der Waals surface area contributed by atoms with Crippen LogP contribution in [0.3, 0.4) is 0 Å². The van der Waals surface area contributed by atoms with Crippen molar-refractivity contribution in [2.24, 2.45) is 7.05 Å². The van der Waals surface area contributed by atoms with Crippen LogP contribution in [0.1, 0.15) is 46.0 Å². The van der Waals surface area contributed by atoms with E-state index in [1.807, 2.05) is 25.5 Å². The molecule has 0 aliphatic rings. The molecule has 0 bridgehead atoms. The van der Waals surface area contributed by atoms with Gasteiger partial charge in [-0.25, -0.2) is 13.2 Å². The third-order valence-electron chi connectivity index (χ3n) is 4.84. The summed E-state index contributed by atoms with van der Waals surface area (Å²) in [4.78, 5) is 24.6. The summed E-state index contributed by atoms with van der Waals surface area (Å²) in [5, 5.41) is 0. The Morgan fingerprint density at radius 1 is 1.07 bits per heavy atom. The molecule has 0 atom stereocenters. The topological polar surface area (TPSA) is 85.7 Å². The molecule has 2 rings (SSSR count). The normalized spacial score (nSPS) is 11.6. The summed E-state index contributed by atoms with van der Waals surface area (Å²) in [6, 6.07) is 7.29. The number of rotatable bonds is 8. The van der Waals surface area contributed by atoms with Gasteiger partial charge in [0, 0.05) is 37.1 Å². The Balaban J connectivity index is 2.07. The van der Waals surface area contributed by atoms with E-state index < -0.39 is 16.0 Å². The minimum atomic E-state index is -3.59. The van der Waals surface area contributed by atoms with Crippen LogP contribution in [0.4, 0.5) is 0 Å². The highest BCUT2D eigenvalue weighted by Crippen LogP contribution is 2.17. The average Bonchev–Trinajstić information content (AvgIpc) is 2.94. The van der Waals surface area contributed by atoms with Gasteiger partial charge in [-0.05, 0) is 44.2 Å². The number of benzene rings is 1. The van der Waals surface area contributed by atoms with E-state index in [2.05, 4.69) is 0 Å². The third-order valence-corrected chi connectivity index (χ3v) is 6.91. The van der Waals surface area contributed by atoms with Crippen molar-refractivity contribution >= 4 is 21.8 Å². The first kappa shape index (κ1) is 21.8. The van der Waals surface area contributed by atoms with Crippen molar-refractivity contribution < 1.29 is 22.7 Å². The number of nitrogens with zero attached hydrogens (tertiary/aromatic N) is 2. The molecule has 0 spiro atoms. The average molecular weight is 407 g/mol. The van der Waals surface area contributed by atoms with Gasteiger partial charge in [0.1, 0.15) is 0 Å². The van der Waals surface area contributed by atoms with Gasteiger partial charge in [-0.2, -0.15) is 4.31 Å². The number of ether oxygens (including phenoxy) is 1. The number of esters is 1. The standard InChI is InChI=1S/C20H26N2O5S/c1-6-22(7-2)28(25,26)17-10-8-16(9-11-17)20(24)27-13-19(23)18-12-14(3)21(5)15(18)4/h8-12H,6-7,13H2,1-5H3. The van der Waals surface area contributed by atoms with Crippen LogP contribution in [0, 0.1) is 13.8 Å². The predicted molar refractivity (Wildman–Crippen MR) is 106 cm³/mol. The fraction of sp³-hybridized carbons (Fsp3) is 0.400. The molecule has 2 aromatic rings. The quantitative estimate of drug-likeness (QED) is 0.497. The van der Waals surface area contributed by atoms with Crippen LogP contribution in [0.5, 0.6) is 0 Å². The molecular formula is C20H26N2O5S. The molecule has 1 aromatic heterocycles. The maximum Gasteiger partial charge on any atom is 0.338 e. The fourth-order valence-electron chi connectivity index (χ4n) is 2.91. The van der Waals surface area contributed by atoms with Gasteiger partial charge >= 0.3 is 5.97 Å². The number of sulfonamides is 1. The largest absolute Gasteiger partial charge is 0.454 e. The SMILES string of the molecule is CCN(CC)S(=O)(=O)c1ccc(C(=O)OCC(=O)c2cc(C)n(C)c2C)cc1. The van der Waals surface area contributed by atoms with E-state index in [0.29, 0.717) is 18.7 Å². The summed E-state index contributed by atoms with van der Waals surface area (Å²) >= 11 is 0. The highest BCUT2D eigenvalue weighted by atomic mass is 32.2. The molecule has 0 aliphatic carbocycles. The van der Waals surface area contributed by atoms with Crippen LogP contribution in [0.15, 0.2) is 35.2 Å². The smallest absolute Gasteiger partial charge is 0.338 e. The van der Waals surface area contributed by atoms with Gasteiger partial charge < -0.3 is 9.30 Å². The Morgan fingerprint density at radius 3 is 2.11 bits per heavy atom. The molecule has 0 unspecified atom stereocenters. The van der Waals surface area contributed by atoms with Crippen molar-refractivity contribution in [3.8, 4) is 0 Å². The van der Waals surface area contributed by atoms with E-state index >= 15 is 0 Å². The number of carbonyl (C=O) groups excluding carboxylic acids is 2. The second-order valence-corrected chi connectivity index (χ2v) is 8.39. The molecule has 0 amide bonds. The number of aryl methyl sites for hydroxylation is 1. The molecule has 1 heterocycles. The van der Waals surface area contributed by atoms with Gasteiger partial charge in [0.2, 0.25) is 15.8 Å². The number of hydrogen-bond acceptors (Lipinski definition) is 5. The fourth-order valence-corrected chi connectivity index (χ4v) is 4.36. The number of aromatic nitrogens is 1. The molecule has 1 aromatic carbocycles. The first-order valence-electron chi connectivity index (χ1n) is 9.06. The van der Waals surface area contributed by atoms with E-state index in [-0.39, 0.29) is 22.8 Å². The lowest BCUT2D eigenvalue weighted by Crippen LogP contribution is -2.30. The van der Waals surface area contributed by atoms with Gasteiger partial charge in [-0.3, -0.25) is 4.79 Å². The number of carbonyl (C=O) groups is 2. The van der Waals surface area contributed by atoms with Crippen molar-refractivity contribution in [1.82, 2.24) is 8.87 Å². The Morgan fingerprint density at radius 2 is 1.64 bits per heavy atom. The highest BCUT2D eigenvalue weighted by molar-refractivity contribution is 7.89. The van der Waals surface area contributed by atoms with Crippen LogP contribution in [0.2, 0.25) is 0 Å². The van der Waals surface area contributed by atoms with E-state index in [0.717, 1.165) is 11.4 Å². The lowest BCUT2D eigenvalue weighted by molar-refractivity contribution is 0.0474. The van der Waals surface area contributed by atoms with Crippen molar-refractivity contribution in [2.45, 2.75) is 32.6 Å². The number of hydrogen-bond donors (Lipinski definition) is 0. The molecule has 0 saturated carbocycles. The minimum absolute atomic E-state index is 0.110. The summed E-state index contributed by atoms with van der Waals surface area (Å²) in [6.07, 6.45) is 0. The highest BCUT2D eigenvalue weighted by Gasteiger charge is 2.22.